The van der Waals surface area contributed by atoms with Crippen LogP contribution in [-0.4, -0.2) is 36.7 Å². The Hall–Kier alpha value is -1.72. The normalized spacial score (nSPS) is 14.6. The van der Waals surface area contributed by atoms with Crippen molar-refractivity contribution in [3.8, 4) is 0 Å². The lowest BCUT2D eigenvalue weighted by atomic mass is 9.55. The summed E-state index contributed by atoms with van der Waals surface area (Å²) in [6.07, 6.45) is 0. The van der Waals surface area contributed by atoms with Crippen LogP contribution in [0.15, 0.2) is 0 Å². The van der Waals surface area contributed by atoms with Crippen molar-refractivity contribution in [3.05, 3.63) is 0 Å². The number of carbonyl (C=O) groups excluding carboxylic acids is 4. The largest absolute Gasteiger partial charge is 0.460 e. The minimum atomic E-state index is -1.01. The second kappa shape index (κ2) is 10.2. The maximum Gasteiger partial charge on any atom is 0.374 e. The van der Waals surface area contributed by atoms with E-state index in [4.69, 9.17) is 9.47 Å². The van der Waals surface area contributed by atoms with E-state index in [2.05, 4.69) is 0 Å². The molecule has 0 aromatic carbocycles. The van der Waals surface area contributed by atoms with E-state index in [0.29, 0.717) is 0 Å². The van der Waals surface area contributed by atoms with Gasteiger partial charge >= 0.3 is 11.9 Å². The first-order chi connectivity index (χ1) is 12.7. The third-order valence-corrected chi connectivity index (χ3v) is 6.43. The van der Waals surface area contributed by atoms with E-state index < -0.39 is 46.2 Å². The zero-order chi connectivity index (χ0) is 22.4. The van der Waals surface area contributed by atoms with Gasteiger partial charge in [-0.2, -0.15) is 0 Å². The first kappa shape index (κ1) is 26.3. The van der Waals surface area contributed by atoms with E-state index in [1.807, 2.05) is 55.4 Å². The fourth-order valence-corrected chi connectivity index (χ4v) is 3.21. The summed E-state index contributed by atoms with van der Waals surface area (Å²) in [5, 5.41) is 0. The maximum atomic E-state index is 13.2. The molecule has 0 aliphatic heterocycles. The summed E-state index contributed by atoms with van der Waals surface area (Å²) in [6, 6.07) is 0. The van der Waals surface area contributed by atoms with Crippen LogP contribution >= 0.6 is 0 Å². The van der Waals surface area contributed by atoms with Gasteiger partial charge in [0.05, 0.1) is 13.2 Å². The Balaban J connectivity index is 6.69. The molecule has 6 nitrogen and oxygen atoms in total. The van der Waals surface area contributed by atoms with E-state index >= 15 is 0 Å². The number of esters is 2. The third kappa shape index (κ3) is 5.65. The maximum absolute atomic E-state index is 13.2. The van der Waals surface area contributed by atoms with Gasteiger partial charge < -0.3 is 9.47 Å². The zero-order valence-corrected chi connectivity index (χ0v) is 19.2. The fraction of sp³-hybridized carbons (Fsp3) is 0.818. The van der Waals surface area contributed by atoms with E-state index in [1.54, 1.807) is 13.8 Å². The van der Waals surface area contributed by atoms with Crippen molar-refractivity contribution in [1.29, 1.82) is 0 Å². The number of carbonyl (C=O) groups is 4. The predicted molar refractivity (Wildman–Crippen MR) is 107 cm³/mol. The molecule has 0 N–H and O–H groups in total. The molecule has 0 radical (unpaired) electrons. The van der Waals surface area contributed by atoms with E-state index in [0.717, 1.165) is 0 Å². The highest BCUT2D eigenvalue weighted by atomic mass is 16.5. The molecule has 2 unspecified atom stereocenters. The lowest BCUT2D eigenvalue weighted by molar-refractivity contribution is -0.167. The minimum absolute atomic E-state index is 0.0312. The van der Waals surface area contributed by atoms with Crippen LogP contribution in [0.4, 0.5) is 0 Å². The van der Waals surface area contributed by atoms with Crippen LogP contribution in [0.2, 0.25) is 0 Å². The number of ketones is 2. The van der Waals surface area contributed by atoms with Crippen molar-refractivity contribution < 1.29 is 28.7 Å². The monoisotopic (exact) mass is 398 g/mol. The van der Waals surface area contributed by atoms with Crippen LogP contribution in [0.5, 0.6) is 0 Å². The molecule has 0 aromatic rings. The summed E-state index contributed by atoms with van der Waals surface area (Å²) < 4.78 is 9.91. The summed E-state index contributed by atoms with van der Waals surface area (Å²) in [6.45, 7) is 18.5. The van der Waals surface area contributed by atoms with Gasteiger partial charge in [-0.05, 0) is 36.5 Å². The standard InChI is InChI=1S/C22H38O6/c1-11-27-19(25)17(23)15(21(7,8)13(3)4)16(22(9,10)14(5)6)18(24)20(26)28-12-2/h13-16H,11-12H2,1-10H3. The molecule has 162 valence electrons. The lowest BCUT2D eigenvalue weighted by Crippen LogP contribution is -2.53. The smallest absolute Gasteiger partial charge is 0.374 e. The molecule has 28 heavy (non-hydrogen) atoms. The average Bonchev–Trinajstić information content (AvgIpc) is 2.57. The molecule has 0 spiro atoms. The molecule has 6 heteroatoms. The number of ether oxygens (including phenoxy) is 2. The van der Waals surface area contributed by atoms with Crippen LogP contribution in [0.3, 0.4) is 0 Å². The zero-order valence-electron chi connectivity index (χ0n) is 19.2. The molecule has 0 saturated carbocycles. The van der Waals surface area contributed by atoms with Crippen molar-refractivity contribution in [2.45, 2.75) is 69.2 Å². The molecule has 0 rings (SSSR count). The van der Waals surface area contributed by atoms with Gasteiger partial charge in [0.1, 0.15) is 0 Å². The Kier molecular flexibility index (Phi) is 9.55. The molecular weight excluding hydrogens is 360 g/mol. The van der Waals surface area contributed by atoms with Crippen molar-refractivity contribution in [1.82, 2.24) is 0 Å². The molecule has 0 bridgehead atoms. The third-order valence-electron chi connectivity index (χ3n) is 6.43. The van der Waals surface area contributed by atoms with Crippen molar-refractivity contribution >= 4 is 23.5 Å². The predicted octanol–water partition coefficient (Wildman–Crippen LogP) is 3.85. The molecule has 0 aliphatic rings. The van der Waals surface area contributed by atoms with Crippen LogP contribution in [0.1, 0.15) is 69.2 Å². The summed E-state index contributed by atoms with van der Waals surface area (Å²) >= 11 is 0. The van der Waals surface area contributed by atoms with Crippen LogP contribution in [-0.2, 0) is 28.7 Å². The Bertz CT molecular complexity index is 534. The number of Topliss-reactive ketones (excluding diaryl/α,β-unsaturated/α-hetero) is 2. The van der Waals surface area contributed by atoms with Crippen LogP contribution < -0.4 is 0 Å². The van der Waals surface area contributed by atoms with Gasteiger partial charge in [-0.3, -0.25) is 9.59 Å². The molecule has 0 heterocycles. The SMILES string of the molecule is CCOC(=O)C(=O)C(C(C(=O)C(=O)OCC)C(C)(C)C(C)C)C(C)(C)C(C)C. The number of hydrogen-bond donors (Lipinski definition) is 0. The quantitative estimate of drug-likeness (QED) is 0.388. The fourth-order valence-electron chi connectivity index (χ4n) is 3.21. The van der Waals surface area contributed by atoms with Crippen molar-refractivity contribution in [2.75, 3.05) is 13.2 Å². The summed E-state index contributed by atoms with van der Waals surface area (Å²) in [5.74, 6) is -5.56. The van der Waals surface area contributed by atoms with Gasteiger partial charge in [0.2, 0.25) is 11.6 Å². The Labute approximate surface area is 169 Å². The van der Waals surface area contributed by atoms with Gasteiger partial charge in [0.25, 0.3) is 0 Å². The highest BCUT2D eigenvalue weighted by molar-refractivity contribution is 6.39. The van der Waals surface area contributed by atoms with Crippen LogP contribution in [0, 0.1) is 34.5 Å². The minimum Gasteiger partial charge on any atom is -0.460 e. The van der Waals surface area contributed by atoms with Crippen LogP contribution in [0.25, 0.3) is 0 Å². The summed E-state index contributed by atoms with van der Waals surface area (Å²) in [4.78, 5) is 51.1. The first-order valence-corrected chi connectivity index (χ1v) is 10.1. The van der Waals surface area contributed by atoms with E-state index in [-0.39, 0.29) is 25.0 Å². The van der Waals surface area contributed by atoms with Gasteiger partial charge in [0, 0.05) is 11.8 Å². The summed E-state index contributed by atoms with van der Waals surface area (Å²) in [5.41, 5.74) is -1.47. The summed E-state index contributed by atoms with van der Waals surface area (Å²) in [7, 11) is 0. The topological polar surface area (TPSA) is 86.7 Å². The van der Waals surface area contributed by atoms with Crippen molar-refractivity contribution in [3.63, 3.8) is 0 Å². The molecule has 2 atom stereocenters. The number of rotatable bonds is 11. The van der Waals surface area contributed by atoms with Gasteiger partial charge in [-0.1, -0.05) is 55.4 Å². The van der Waals surface area contributed by atoms with Crippen molar-refractivity contribution in [2.24, 2.45) is 34.5 Å². The first-order valence-electron chi connectivity index (χ1n) is 10.1. The van der Waals surface area contributed by atoms with Gasteiger partial charge in [-0.15, -0.1) is 0 Å². The highest BCUT2D eigenvalue weighted by Gasteiger charge is 2.55. The molecule has 0 aromatic heterocycles. The van der Waals surface area contributed by atoms with E-state index in [1.165, 1.54) is 0 Å². The van der Waals surface area contributed by atoms with Gasteiger partial charge in [-0.25, -0.2) is 9.59 Å². The average molecular weight is 399 g/mol. The Morgan fingerprint density at radius 3 is 1.07 bits per heavy atom. The van der Waals surface area contributed by atoms with Gasteiger partial charge in [0.15, 0.2) is 0 Å². The lowest BCUT2D eigenvalue weighted by Gasteiger charge is -2.47. The molecule has 0 saturated heterocycles. The molecule has 0 aliphatic carbocycles. The highest BCUT2D eigenvalue weighted by Crippen LogP contribution is 2.49. The Morgan fingerprint density at radius 2 is 0.893 bits per heavy atom. The molecular formula is C22H38O6. The number of hydrogen-bond acceptors (Lipinski definition) is 6. The Morgan fingerprint density at radius 1 is 0.643 bits per heavy atom. The molecule has 0 amide bonds. The second-order valence-electron chi connectivity index (χ2n) is 9.08. The second-order valence-corrected chi connectivity index (χ2v) is 9.08. The van der Waals surface area contributed by atoms with E-state index in [9.17, 15) is 19.2 Å². The molecule has 0 fully saturated rings.